The lowest BCUT2D eigenvalue weighted by molar-refractivity contribution is -0.197. The van der Waals surface area contributed by atoms with Gasteiger partial charge in [0, 0.05) is 92.5 Å². The number of aliphatic hydroxyl groups excluding tert-OH is 5. The van der Waals surface area contributed by atoms with Gasteiger partial charge in [-0.2, -0.15) is 0 Å². The summed E-state index contributed by atoms with van der Waals surface area (Å²) in [4.78, 5) is 139. The number of halogens is 1. The summed E-state index contributed by atoms with van der Waals surface area (Å²) in [5.41, 5.74) is 2.20. The molecule has 466 valence electrons. The number of hydroxylamine groups is 2. The number of fused-ring (bicyclic) bond motifs is 5. The highest BCUT2D eigenvalue weighted by Gasteiger charge is 2.46. The minimum absolute atomic E-state index is 0.0117. The minimum Gasteiger partial charge on any atom is -0.458 e. The predicted octanol–water partition coefficient (Wildman–Crippen LogP) is 1.31. The number of aryl methyl sites for hydroxylation is 2. The van der Waals surface area contributed by atoms with Crippen LogP contribution < -0.4 is 21.5 Å². The third-order valence-electron chi connectivity index (χ3n) is 16.0. The zero-order chi connectivity index (χ0) is 62.6. The molecule has 0 saturated carbocycles. The molecule has 6 rings (SSSR count). The molecule has 1 fully saturated rings. The van der Waals surface area contributed by atoms with Crippen LogP contribution in [0.3, 0.4) is 0 Å². The van der Waals surface area contributed by atoms with Crippen molar-refractivity contribution in [3.63, 3.8) is 0 Å². The van der Waals surface area contributed by atoms with Crippen molar-refractivity contribution in [2.24, 2.45) is 17.8 Å². The van der Waals surface area contributed by atoms with E-state index in [2.05, 4.69) is 16.0 Å². The van der Waals surface area contributed by atoms with E-state index in [0.717, 1.165) is 22.1 Å². The first-order valence-corrected chi connectivity index (χ1v) is 28.9. The summed E-state index contributed by atoms with van der Waals surface area (Å²) < 4.78 is 28.2. The maximum Gasteiger partial charge on any atom is 0.343 e. The molecule has 8 atom stereocenters. The van der Waals surface area contributed by atoms with Crippen LogP contribution in [-0.4, -0.2) is 155 Å². The van der Waals surface area contributed by atoms with E-state index in [1.807, 2.05) is 6.92 Å². The third-order valence-corrected chi connectivity index (χ3v) is 16.0. The van der Waals surface area contributed by atoms with Gasteiger partial charge < -0.3 is 65.5 Å². The van der Waals surface area contributed by atoms with Gasteiger partial charge in [-0.15, -0.1) is 5.06 Å². The van der Waals surface area contributed by atoms with E-state index in [9.17, 15) is 73.5 Å². The van der Waals surface area contributed by atoms with E-state index in [4.69, 9.17) is 24.4 Å². The smallest absolute Gasteiger partial charge is 0.343 e. The van der Waals surface area contributed by atoms with Crippen molar-refractivity contribution in [2.75, 3.05) is 26.5 Å². The molecule has 1 aromatic carbocycles. The van der Waals surface area contributed by atoms with E-state index in [1.54, 1.807) is 38.3 Å². The maximum absolute atomic E-state index is 15.7. The number of rotatable bonds is 33. The quantitative estimate of drug-likeness (QED) is 0.0141. The Morgan fingerprint density at radius 1 is 0.847 bits per heavy atom. The largest absolute Gasteiger partial charge is 0.458 e. The lowest BCUT2D eigenvalue weighted by Gasteiger charge is -2.31. The number of hydrogen-bond acceptors (Lipinski definition) is 20. The Labute approximate surface area is 489 Å². The Hall–Kier alpha value is -6.94. The number of carbonyl (C=O) groups excluding carboxylic acids is 9. The first-order chi connectivity index (χ1) is 40.3. The average molecular weight is 1200 g/mol. The number of nitrogens with zero attached hydrogens (tertiary/aromatic N) is 3. The average Bonchev–Trinajstić information content (AvgIpc) is 1.72. The molecule has 0 radical (unpaired) electrons. The fraction of sp³-hybridized carbons (Fsp3) is 0.610. The predicted molar refractivity (Wildman–Crippen MR) is 298 cm³/mol. The number of aliphatic hydroxyl groups is 6. The minimum atomic E-state index is -2.00. The number of amides is 5. The van der Waals surface area contributed by atoms with Gasteiger partial charge in [0.25, 0.3) is 17.4 Å². The van der Waals surface area contributed by atoms with Crippen LogP contribution in [0.25, 0.3) is 22.3 Å². The van der Waals surface area contributed by atoms with Gasteiger partial charge in [0.15, 0.2) is 11.4 Å². The summed E-state index contributed by atoms with van der Waals surface area (Å²) >= 11 is 0. The van der Waals surface area contributed by atoms with Crippen molar-refractivity contribution < 1.29 is 92.5 Å². The number of imide groups is 1. The molecular formula is C59H79FN6O19. The second kappa shape index (κ2) is 29.9. The number of ether oxygens (including phenoxy) is 2. The molecule has 3 aliphatic heterocycles. The van der Waals surface area contributed by atoms with Crippen LogP contribution in [0.2, 0.25) is 0 Å². The molecule has 26 heteroatoms. The first kappa shape index (κ1) is 67.2. The number of unbranched alkanes of at least 4 members (excludes halogenated alkanes) is 2. The summed E-state index contributed by atoms with van der Waals surface area (Å²) in [5.74, 6) is -8.94. The second-order valence-electron chi connectivity index (χ2n) is 22.4. The Bertz CT molecular complexity index is 3080. The van der Waals surface area contributed by atoms with E-state index in [0.29, 0.717) is 53.2 Å². The van der Waals surface area contributed by atoms with Crippen molar-refractivity contribution in [3.05, 3.63) is 61.7 Å². The molecule has 1 saturated heterocycles. The molecule has 5 amide bonds. The summed E-state index contributed by atoms with van der Waals surface area (Å²) in [6.07, 6.45) is -6.97. The van der Waals surface area contributed by atoms with Crippen molar-refractivity contribution in [2.45, 2.75) is 187 Å². The molecule has 3 aliphatic rings. The van der Waals surface area contributed by atoms with Crippen LogP contribution in [0.5, 0.6) is 0 Å². The van der Waals surface area contributed by atoms with Crippen LogP contribution in [-0.2, 0) is 89.1 Å². The number of hydrogen-bond donors (Lipinski definition) is 9. The van der Waals surface area contributed by atoms with E-state index in [-0.39, 0.29) is 95.4 Å². The molecule has 0 bridgehead atoms. The molecule has 2 aromatic heterocycles. The second-order valence-corrected chi connectivity index (χ2v) is 22.4. The normalized spacial score (nSPS) is 18.0. The van der Waals surface area contributed by atoms with Crippen molar-refractivity contribution in [3.8, 4) is 11.4 Å². The monoisotopic (exact) mass is 1190 g/mol. The highest BCUT2D eigenvalue weighted by atomic mass is 19.1. The van der Waals surface area contributed by atoms with Gasteiger partial charge in [-0.05, 0) is 87.0 Å². The van der Waals surface area contributed by atoms with Gasteiger partial charge in [0.1, 0.15) is 43.3 Å². The number of cyclic esters (lactones) is 1. The Balaban J connectivity index is 1.01. The lowest BCUT2D eigenvalue weighted by Crippen LogP contribution is -2.49. The SMILES string of the molecule is CCc1c2c(nc3cc(F)c(C)c(CCCCOCNC(=O)[C@H](C)CC(=O)[C@@H](NC(=O)[C@H](CCC(=O)NC[C@H](O)[C@@H](O)[C@H](O)[C@H](O)CO)CC(=O)CCCCC(=O)ON4C(=O)CCC4=O)C(C)C)c13)-c1cc3c(c(=O)n1C2)COC(=O)[C@]3(O)CC. The summed E-state index contributed by atoms with van der Waals surface area (Å²) in [6.45, 7) is 8.58. The maximum atomic E-state index is 15.7. The standard InChI is InChI=1S/C59H79FN6O19/c1-7-35-37-26-65-42(23-39-38(57(65)80)28-84-58(81)59(39,82)8-2)52(37)63-41-24-40(60)32(6)36(50(35)41)14-11-12-20-83-29-62-55(78)31(5)21-43(69)51(30(3)4)64-56(79)33(16-17-46(72)61-25-44(70)53(76)54(77)45(71)27-67)22-34(68)13-9-10-15-49(75)85-66-47(73)18-19-48(66)74/h23-24,30-31,33,44-45,51,53-54,67,70-71,76-77,82H,7-22,25-29H2,1-6H3,(H,61,72)(H,62,78)(H,64,79)/t31-,33-,44+,45-,51+,53-,54-,59+/m1/s1. The molecule has 25 nitrogen and oxygen atoms in total. The lowest BCUT2D eigenvalue weighted by atomic mass is 9.86. The summed E-state index contributed by atoms with van der Waals surface area (Å²) in [6, 6.07) is 1.87. The van der Waals surface area contributed by atoms with Crippen LogP contribution in [0.4, 0.5) is 4.39 Å². The van der Waals surface area contributed by atoms with Crippen LogP contribution in [0.1, 0.15) is 151 Å². The van der Waals surface area contributed by atoms with Crippen LogP contribution in [0, 0.1) is 30.5 Å². The highest BCUT2D eigenvalue weighted by molar-refractivity contribution is 6.01. The zero-order valence-electron chi connectivity index (χ0n) is 48.8. The summed E-state index contributed by atoms with van der Waals surface area (Å²) in [5, 5.41) is 69.2. The van der Waals surface area contributed by atoms with Gasteiger partial charge in [-0.25, -0.2) is 19.0 Å². The number of Topliss-reactive ketones (excluding diaryl/α,β-unsaturated/α-hetero) is 2. The van der Waals surface area contributed by atoms with Gasteiger partial charge in [-0.3, -0.25) is 38.4 Å². The van der Waals surface area contributed by atoms with Crippen molar-refractivity contribution >= 4 is 63.9 Å². The molecule has 0 spiro atoms. The number of benzene rings is 1. The van der Waals surface area contributed by atoms with E-state index in [1.165, 1.54) is 13.0 Å². The van der Waals surface area contributed by atoms with Crippen LogP contribution in [0.15, 0.2) is 16.9 Å². The van der Waals surface area contributed by atoms with Crippen LogP contribution >= 0.6 is 0 Å². The highest BCUT2D eigenvalue weighted by Crippen LogP contribution is 2.42. The van der Waals surface area contributed by atoms with Gasteiger partial charge >= 0.3 is 11.9 Å². The third kappa shape index (κ3) is 15.9. The Morgan fingerprint density at radius 3 is 2.19 bits per heavy atom. The van der Waals surface area contributed by atoms with Crippen molar-refractivity contribution in [1.82, 2.24) is 30.6 Å². The fourth-order valence-corrected chi connectivity index (χ4v) is 10.9. The van der Waals surface area contributed by atoms with Gasteiger partial charge in [0.2, 0.25) is 17.7 Å². The number of carbonyl (C=O) groups is 9. The number of nitrogens with one attached hydrogen (secondary N) is 3. The molecule has 9 N–H and O–H groups in total. The first-order valence-electron chi connectivity index (χ1n) is 28.9. The molecule has 5 heterocycles. The molecular weight excluding hydrogens is 1120 g/mol. The summed E-state index contributed by atoms with van der Waals surface area (Å²) in [7, 11) is 0. The van der Waals surface area contributed by atoms with Gasteiger partial charge in [-0.1, -0.05) is 34.6 Å². The van der Waals surface area contributed by atoms with E-state index < -0.39 is 144 Å². The molecule has 0 aliphatic carbocycles. The fourth-order valence-electron chi connectivity index (χ4n) is 10.9. The number of esters is 1. The number of aromatic nitrogens is 2. The number of pyridine rings is 2. The zero-order valence-corrected chi connectivity index (χ0v) is 48.8. The van der Waals surface area contributed by atoms with Crippen molar-refractivity contribution in [1.29, 1.82) is 0 Å². The van der Waals surface area contributed by atoms with Gasteiger partial charge in [0.05, 0.1) is 47.8 Å². The Morgan fingerprint density at radius 2 is 1.53 bits per heavy atom. The molecule has 85 heavy (non-hydrogen) atoms. The molecule has 3 aromatic rings. The van der Waals surface area contributed by atoms with E-state index >= 15 is 4.39 Å². The number of ketones is 2. The Kier molecular flexibility index (Phi) is 23.7. The molecule has 0 unspecified atom stereocenters. The topological polar surface area (TPSA) is 377 Å².